The van der Waals surface area contributed by atoms with Gasteiger partial charge in [-0.05, 0) is 11.1 Å². The second-order valence-electron chi connectivity index (χ2n) is 8.54. The molecule has 2 aliphatic rings. The monoisotopic (exact) mass is 510 g/mol. The van der Waals surface area contributed by atoms with Crippen LogP contribution in [0.25, 0.3) is 0 Å². The van der Waals surface area contributed by atoms with E-state index in [0.717, 1.165) is 0 Å². The molecule has 0 fully saturated rings. The van der Waals surface area contributed by atoms with Crippen LogP contribution in [0.4, 0.5) is 0 Å². The average molecular weight is 510 g/mol. The minimum absolute atomic E-state index is 0.0379. The molecule has 0 bridgehead atoms. The number of fused-ring (bicyclic) bond motifs is 4. The lowest BCUT2D eigenvalue weighted by atomic mass is 9.82. The fourth-order valence-electron chi connectivity index (χ4n) is 4.94. The predicted octanol–water partition coefficient (Wildman–Crippen LogP) is 0.592. The summed E-state index contributed by atoms with van der Waals surface area (Å²) in [5.74, 6) is -1.54. The van der Waals surface area contributed by atoms with Crippen molar-refractivity contribution in [1.82, 2.24) is 39.9 Å². The number of H-pyrrole nitrogens is 4. The number of aromatic amines is 4. The van der Waals surface area contributed by atoms with E-state index in [1.165, 1.54) is 25.3 Å². The molecule has 6 heterocycles. The number of rotatable bonds is 2. The molecule has 14 nitrogen and oxygen atoms in total. The highest BCUT2D eigenvalue weighted by Crippen LogP contribution is 2.44. The van der Waals surface area contributed by atoms with Gasteiger partial charge in [-0.15, -0.1) is 0 Å². The van der Waals surface area contributed by atoms with Crippen LogP contribution < -0.4 is 31.7 Å². The van der Waals surface area contributed by atoms with E-state index in [4.69, 9.17) is 9.47 Å². The third-order valence-electron chi connectivity index (χ3n) is 6.55. The first-order valence-electron chi connectivity index (χ1n) is 11.3. The molecule has 186 valence electrons. The molecule has 2 aliphatic heterocycles. The van der Waals surface area contributed by atoms with Crippen molar-refractivity contribution in [3.05, 3.63) is 124 Å². The second kappa shape index (κ2) is 7.92. The minimum Gasteiger partial charge on any atom is -0.419 e. The van der Waals surface area contributed by atoms with Crippen LogP contribution in [0, 0.1) is 0 Å². The Kier molecular flexibility index (Phi) is 4.51. The molecule has 0 atom stereocenters. The Labute approximate surface area is 209 Å². The molecule has 0 radical (unpaired) electrons. The van der Waals surface area contributed by atoms with Crippen molar-refractivity contribution in [1.29, 1.82) is 0 Å². The van der Waals surface area contributed by atoms with Crippen molar-refractivity contribution in [2.45, 2.75) is 11.8 Å². The van der Waals surface area contributed by atoms with Gasteiger partial charge in [0.1, 0.15) is 0 Å². The SMILES string of the molecule is O=c1[nH]cnc2c1C(c1ccc(C3c4c(nc[nH]c4=O)Oc4nc[nH]c(=O)c43)cc1)c1c(nc[nH]c1=O)O2. The zero-order valence-electron chi connectivity index (χ0n) is 19.0. The van der Waals surface area contributed by atoms with Gasteiger partial charge in [-0.2, -0.15) is 0 Å². The summed E-state index contributed by atoms with van der Waals surface area (Å²) < 4.78 is 11.3. The Morgan fingerprint density at radius 2 is 0.737 bits per heavy atom. The van der Waals surface area contributed by atoms with Gasteiger partial charge in [-0.1, -0.05) is 24.3 Å². The largest absolute Gasteiger partial charge is 0.419 e. The van der Waals surface area contributed by atoms with Crippen molar-refractivity contribution < 1.29 is 9.47 Å². The lowest BCUT2D eigenvalue weighted by Crippen LogP contribution is -2.30. The Morgan fingerprint density at radius 1 is 0.474 bits per heavy atom. The van der Waals surface area contributed by atoms with E-state index >= 15 is 0 Å². The zero-order valence-corrected chi connectivity index (χ0v) is 19.0. The molecule has 0 amide bonds. The van der Waals surface area contributed by atoms with Crippen LogP contribution in [0.15, 0.2) is 68.8 Å². The maximum atomic E-state index is 12.8. The number of ether oxygens (including phenoxy) is 2. The van der Waals surface area contributed by atoms with E-state index in [-0.39, 0.29) is 45.8 Å². The number of nitrogens with one attached hydrogen (secondary N) is 4. The highest BCUT2D eigenvalue weighted by molar-refractivity contribution is 5.56. The van der Waals surface area contributed by atoms with Crippen molar-refractivity contribution in [2.75, 3.05) is 0 Å². The highest BCUT2D eigenvalue weighted by atomic mass is 16.5. The van der Waals surface area contributed by atoms with Crippen LogP contribution >= 0.6 is 0 Å². The quantitative estimate of drug-likeness (QED) is 0.255. The second-order valence-corrected chi connectivity index (χ2v) is 8.54. The summed E-state index contributed by atoms with van der Waals surface area (Å²) in [4.78, 5) is 77.8. The summed E-state index contributed by atoms with van der Waals surface area (Å²) in [6.07, 6.45) is 4.82. The molecule has 14 heteroatoms. The molecule has 38 heavy (non-hydrogen) atoms. The minimum atomic E-state index is -0.845. The van der Waals surface area contributed by atoms with Gasteiger partial charge in [0.25, 0.3) is 22.2 Å². The van der Waals surface area contributed by atoms with E-state index < -0.39 is 34.1 Å². The van der Waals surface area contributed by atoms with Crippen molar-refractivity contribution in [3.63, 3.8) is 0 Å². The van der Waals surface area contributed by atoms with Crippen LogP contribution in [0.1, 0.15) is 45.2 Å². The van der Waals surface area contributed by atoms with E-state index in [1.54, 1.807) is 24.3 Å². The smallest absolute Gasteiger partial charge is 0.258 e. The molecule has 0 saturated carbocycles. The van der Waals surface area contributed by atoms with Gasteiger partial charge >= 0.3 is 0 Å². The first-order valence-corrected chi connectivity index (χ1v) is 11.3. The fraction of sp³-hybridized carbons (Fsp3) is 0.0833. The summed E-state index contributed by atoms with van der Waals surface area (Å²) in [5.41, 5.74) is -0.178. The zero-order chi connectivity index (χ0) is 26.0. The Bertz CT molecular complexity index is 1730. The van der Waals surface area contributed by atoms with Gasteiger partial charge < -0.3 is 29.4 Å². The maximum Gasteiger partial charge on any atom is 0.258 e. The molecular formula is C24H14N8O6. The van der Waals surface area contributed by atoms with E-state index in [1.807, 2.05) is 0 Å². The third kappa shape index (κ3) is 3.06. The number of benzene rings is 1. The van der Waals surface area contributed by atoms with Gasteiger partial charge in [-0.25, -0.2) is 19.9 Å². The molecule has 0 saturated heterocycles. The lowest BCUT2D eigenvalue weighted by molar-refractivity contribution is 0.408. The van der Waals surface area contributed by atoms with E-state index in [2.05, 4.69) is 39.9 Å². The lowest BCUT2D eigenvalue weighted by Gasteiger charge is -2.26. The van der Waals surface area contributed by atoms with Gasteiger partial charge in [0.15, 0.2) is 0 Å². The number of hydrogen-bond acceptors (Lipinski definition) is 10. The number of hydrogen-bond donors (Lipinski definition) is 4. The summed E-state index contributed by atoms with van der Waals surface area (Å²) in [5, 5.41) is 0. The fourth-order valence-corrected chi connectivity index (χ4v) is 4.94. The molecule has 0 aliphatic carbocycles. The molecule has 1 aromatic carbocycles. The Balaban J connectivity index is 1.42. The Morgan fingerprint density at radius 3 is 1.00 bits per heavy atom. The predicted molar refractivity (Wildman–Crippen MR) is 128 cm³/mol. The van der Waals surface area contributed by atoms with Crippen molar-refractivity contribution in [2.24, 2.45) is 0 Å². The molecule has 5 aromatic rings. The van der Waals surface area contributed by atoms with E-state index in [9.17, 15) is 19.2 Å². The van der Waals surface area contributed by atoms with Crippen LogP contribution in [0.3, 0.4) is 0 Å². The molecule has 0 spiro atoms. The Hall–Kier alpha value is -5.66. The molecule has 4 aromatic heterocycles. The third-order valence-corrected chi connectivity index (χ3v) is 6.55. The summed E-state index contributed by atoms with van der Waals surface area (Å²) in [6.45, 7) is 0. The highest BCUT2D eigenvalue weighted by Gasteiger charge is 2.38. The molecular weight excluding hydrogens is 496 g/mol. The number of aromatic nitrogens is 8. The van der Waals surface area contributed by atoms with Gasteiger partial charge in [0.05, 0.1) is 59.4 Å². The van der Waals surface area contributed by atoms with Crippen molar-refractivity contribution in [3.8, 4) is 23.5 Å². The molecule has 0 unspecified atom stereocenters. The summed E-state index contributed by atoms with van der Waals surface area (Å²) >= 11 is 0. The van der Waals surface area contributed by atoms with Crippen LogP contribution in [0.2, 0.25) is 0 Å². The van der Waals surface area contributed by atoms with Crippen LogP contribution in [-0.2, 0) is 0 Å². The average Bonchev–Trinajstić information content (AvgIpc) is 2.92. The first kappa shape index (κ1) is 21.6. The van der Waals surface area contributed by atoms with Crippen LogP contribution in [0.5, 0.6) is 23.5 Å². The molecule has 4 N–H and O–H groups in total. The standard InChI is InChI=1S/C24H14N8O6/c33-17-13-11(14-18(34)26-6-30-22(14)37-21(13)29-5-25-17)9-1-2-10(4-3-9)12-15-19(35)27-7-31-23(15)38-24-16(12)20(36)28-8-32-24/h1-8,11-12H,(H,25,29,33)(H,26,30,34)(H,27,31,35)(H,28,32,36). The number of nitrogens with zero attached hydrogens (tertiary/aromatic N) is 4. The van der Waals surface area contributed by atoms with Gasteiger partial charge in [0, 0.05) is 0 Å². The van der Waals surface area contributed by atoms with Crippen LogP contribution in [-0.4, -0.2) is 39.9 Å². The van der Waals surface area contributed by atoms with Crippen molar-refractivity contribution >= 4 is 0 Å². The topological polar surface area (TPSA) is 201 Å². The maximum absolute atomic E-state index is 12.8. The normalized spacial score (nSPS) is 13.9. The summed E-state index contributed by atoms with van der Waals surface area (Å²) in [7, 11) is 0. The first-order chi connectivity index (χ1) is 18.5. The van der Waals surface area contributed by atoms with Gasteiger partial charge in [-0.3, -0.25) is 19.2 Å². The van der Waals surface area contributed by atoms with E-state index in [0.29, 0.717) is 11.1 Å². The van der Waals surface area contributed by atoms with Gasteiger partial charge in [0.2, 0.25) is 23.5 Å². The molecule has 7 rings (SSSR count). The summed E-state index contributed by atoms with van der Waals surface area (Å²) in [6, 6.07) is 6.78.